The van der Waals surface area contributed by atoms with Gasteiger partial charge in [0, 0.05) is 6.20 Å². The molecule has 0 aliphatic rings. The summed E-state index contributed by atoms with van der Waals surface area (Å²) in [7, 11) is 0. The molecule has 2 heterocycles. The van der Waals surface area contributed by atoms with Crippen molar-refractivity contribution >= 4 is 21.7 Å². The molecule has 0 bridgehead atoms. The molecule has 0 aliphatic heterocycles. The minimum absolute atomic E-state index is 0.216. The Morgan fingerprint density at radius 3 is 2.88 bits per heavy atom. The minimum atomic E-state index is -0.529. The monoisotopic (exact) mass is 282 g/mol. The Balaban J connectivity index is 2.62. The number of hydrogen-bond acceptors (Lipinski definition) is 4. The van der Waals surface area contributed by atoms with Crippen LogP contribution in [0.25, 0.3) is 5.69 Å². The summed E-state index contributed by atoms with van der Waals surface area (Å²) >= 11 is 3.22. The van der Waals surface area contributed by atoms with Crippen LogP contribution >= 0.6 is 15.9 Å². The molecule has 16 heavy (non-hydrogen) atoms. The van der Waals surface area contributed by atoms with Gasteiger partial charge in [0.2, 0.25) is 0 Å². The standard InChI is InChI=1S/C9H7BrN4O2/c1-6-2-3-13(12-6)8-4-7(10)5-11-9(8)14(15)16/h2-5H,1H3. The van der Waals surface area contributed by atoms with Gasteiger partial charge in [0.15, 0.2) is 11.9 Å². The molecule has 0 radical (unpaired) electrons. The molecule has 0 aromatic carbocycles. The maximum Gasteiger partial charge on any atom is 0.389 e. The molecular formula is C9H7BrN4O2. The first-order valence-electron chi connectivity index (χ1n) is 4.40. The maximum absolute atomic E-state index is 10.8. The van der Waals surface area contributed by atoms with Crippen molar-refractivity contribution in [3.63, 3.8) is 0 Å². The molecule has 0 aliphatic carbocycles. The number of nitrogens with zero attached hydrogens (tertiary/aromatic N) is 4. The van der Waals surface area contributed by atoms with Crippen molar-refractivity contribution < 1.29 is 4.92 Å². The lowest BCUT2D eigenvalue weighted by Crippen LogP contribution is -2.03. The molecule has 82 valence electrons. The number of nitro groups is 1. The Kier molecular flexibility index (Phi) is 2.69. The molecule has 0 fully saturated rings. The van der Waals surface area contributed by atoms with Crippen LogP contribution in [0.5, 0.6) is 0 Å². The molecule has 0 atom stereocenters. The van der Waals surface area contributed by atoms with Gasteiger partial charge in [0.05, 0.1) is 10.2 Å². The zero-order valence-electron chi connectivity index (χ0n) is 8.29. The Morgan fingerprint density at radius 2 is 2.31 bits per heavy atom. The largest absolute Gasteiger partial charge is 0.389 e. The van der Waals surface area contributed by atoms with Gasteiger partial charge in [-0.3, -0.25) is 0 Å². The molecule has 2 aromatic rings. The zero-order valence-corrected chi connectivity index (χ0v) is 9.88. The molecule has 6 nitrogen and oxygen atoms in total. The SMILES string of the molecule is Cc1ccn(-c2cc(Br)cnc2[N+](=O)[O-])n1. The molecule has 0 amide bonds. The predicted octanol–water partition coefficient (Wildman–Crippen LogP) is 2.25. The smallest absolute Gasteiger partial charge is 0.358 e. The second kappa shape index (κ2) is 4.01. The van der Waals surface area contributed by atoms with Crippen LogP contribution in [-0.2, 0) is 0 Å². The molecule has 2 aromatic heterocycles. The highest BCUT2D eigenvalue weighted by molar-refractivity contribution is 9.10. The molecule has 0 saturated heterocycles. The molecule has 2 rings (SSSR count). The van der Waals surface area contributed by atoms with Gasteiger partial charge in [0.1, 0.15) is 0 Å². The number of hydrogen-bond donors (Lipinski definition) is 0. The van der Waals surface area contributed by atoms with Crippen LogP contribution in [0.1, 0.15) is 5.69 Å². The highest BCUT2D eigenvalue weighted by Crippen LogP contribution is 2.23. The van der Waals surface area contributed by atoms with Crippen LogP contribution in [0.3, 0.4) is 0 Å². The van der Waals surface area contributed by atoms with Crippen molar-refractivity contribution in [2.45, 2.75) is 6.92 Å². The zero-order chi connectivity index (χ0) is 11.7. The first-order valence-corrected chi connectivity index (χ1v) is 5.20. The highest BCUT2D eigenvalue weighted by Gasteiger charge is 2.17. The van der Waals surface area contributed by atoms with E-state index in [0.717, 1.165) is 5.69 Å². The van der Waals surface area contributed by atoms with Gasteiger partial charge in [-0.05, 0) is 44.9 Å². The van der Waals surface area contributed by atoms with E-state index in [4.69, 9.17) is 0 Å². The van der Waals surface area contributed by atoms with Crippen molar-refractivity contribution in [3.8, 4) is 5.69 Å². The second-order valence-corrected chi connectivity index (χ2v) is 4.07. The normalized spacial score (nSPS) is 10.4. The van der Waals surface area contributed by atoms with E-state index in [2.05, 4.69) is 26.0 Å². The lowest BCUT2D eigenvalue weighted by Gasteiger charge is -2.02. The van der Waals surface area contributed by atoms with Gasteiger partial charge in [0.25, 0.3) is 0 Å². The van der Waals surface area contributed by atoms with E-state index in [-0.39, 0.29) is 5.82 Å². The number of halogens is 1. The summed E-state index contributed by atoms with van der Waals surface area (Å²) in [6, 6.07) is 3.38. The molecule has 0 spiro atoms. The van der Waals surface area contributed by atoms with Gasteiger partial charge >= 0.3 is 5.82 Å². The maximum atomic E-state index is 10.8. The van der Waals surface area contributed by atoms with Crippen molar-refractivity contribution in [1.29, 1.82) is 0 Å². The summed E-state index contributed by atoms with van der Waals surface area (Å²) in [6.07, 6.45) is 3.05. The summed E-state index contributed by atoms with van der Waals surface area (Å²) in [6.45, 7) is 1.81. The lowest BCUT2D eigenvalue weighted by molar-refractivity contribution is -0.389. The van der Waals surface area contributed by atoms with Crippen molar-refractivity contribution in [2.24, 2.45) is 0 Å². The van der Waals surface area contributed by atoms with E-state index in [1.54, 1.807) is 18.3 Å². The fraction of sp³-hybridized carbons (Fsp3) is 0.111. The molecular weight excluding hydrogens is 276 g/mol. The fourth-order valence-corrected chi connectivity index (χ4v) is 1.60. The van der Waals surface area contributed by atoms with Gasteiger partial charge < -0.3 is 10.1 Å². The van der Waals surface area contributed by atoms with E-state index < -0.39 is 4.92 Å². The van der Waals surface area contributed by atoms with E-state index >= 15 is 0 Å². The molecule has 0 unspecified atom stereocenters. The highest BCUT2D eigenvalue weighted by atomic mass is 79.9. The Hall–Kier alpha value is -1.76. The summed E-state index contributed by atoms with van der Waals surface area (Å²) in [5.74, 6) is -0.216. The van der Waals surface area contributed by atoms with Gasteiger partial charge in [-0.15, -0.1) is 0 Å². The molecule has 7 heteroatoms. The number of rotatable bonds is 2. The average molecular weight is 283 g/mol. The van der Waals surface area contributed by atoms with Crippen LogP contribution in [0.15, 0.2) is 29.0 Å². The van der Waals surface area contributed by atoms with Crippen LogP contribution in [0, 0.1) is 17.0 Å². The van der Waals surface area contributed by atoms with Crippen molar-refractivity contribution in [2.75, 3.05) is 0 Å². The number of pyridine rings is 1. The van der Waals surface area contributed by atoms with Gasteiger partial charge in [-0.1, -0.05) is 0 Å². The van der Waals surface area contributed by atoms with Crippen molar-refractivity contribution in [1.82, 2.24) is 14.8 Å². The first-order chi connectivity index (χ1) is 7.58. The number of aryl methyl sites for hydroxylation is 1. The van der Waals surface area contributed by atoms with Crippen LogP contribution in [-0.4, -0.2) is 19.7 Å². The Labute approximate surface area is 99.2 Å². The third-order valence-electron chi connectivity index (χ3n) is 1.96. The third-order valence-corrected chi connectivity index (χ3v) is 2.39. The van der Waals surface area contributed by atoms with Crippen LogP contribution in [0.2, 0.25) is 0 Å². The first kappa shape index (κ1) is 10.7. The quantitative estimate of drug-likeness (QED) is 0.625. The Morgan fingerprint density at radius 1 is 1.56 bits per heavy atom. The van der Waals surface area contributed by atoms with Gasteiger partial charge in [-0.25, -0.2) is 4.68 Å². The molecule has 0 N–H and O–H groups in total. The van der Waals surface area contributed by atoms with Crippen LogP contribution < -0.4 is 0 Å². The summed E-state index contributed by atoms with van der Waals surface area (Å²) < 4.78 is 2.10. The Bertz CT molecular complexity index is 552. The topological polar surface area (TPSA) is 73.8 Å². The van der Waals surface area contributed by atoms with Crippen molar-refractivity contribution in [3.05, 3.63) is 44.8 Å². The minimum Gasteiger partial charge on any atom is -0.358 e. The third kappa shape index (κ3) is 1.94. The summed E-state index contributed by atoms with van der Waals surface area (Å²) in [5, 5.41) is 14.9. The van der Waals surface area contributed by atoms with E-state index in [0.29, 0.717) is 10.2 Å². The van der Waals surface area contributed by atoms with E-state index in [1.807, 2.05) is 6.92 Å². The fourth-order valence-electron chi connectivity index (χ4n) is 1.28. The van der Waals surface area contributed by atoms with Gasteiger partial charge in [-0.2, -0.15) is 5.10 Å². The summed E-state index contributed by atoms with van der Waals surface area (Å²) in [4.78, 5) is 14.0. The summed E-state index contributed by atoms with van der Waals surface area (Å²) in [5.41, 5.74) is 1.13. The van der Waals surface area contributed by atoms with E-state index in [1.165, 1.54) is 10.9 Å². The second-order valence-electron chi connectivity index (χ2n) is 3.16. The predicted molar refractivity (Wildman–Crippen MR) is 60.5 cm³/mol. The lowest BCUT2D eigenvalue weighted by atomic mass is 10.4. The van der Waals surface area contributed by atoms with E-state index in [9.17, 15) is 10.1 Å². The number of aromatic nitrogens is 3. The van der Waals surface area contributed by atoms with Crippen LogP contribution in [0.4, 0.5) is 5.82 Å². The molecule has 0 saturated carbocycles. The average Bonchev–Trinajstić information content (AvgIpc) is 2.64.